The second-order valence-electron chi connectivity index (χ2n) is 4.62. The Morgan fingerprint density at radius 2 is 2.43 bits per heavy atom. The van der Waals surface area contributed by atoms with Crippen LogP contribution in [0.3, 0.4) is 0 Å². The fourth-order valence-corrected chi connectivity index (χ4v) is 3.15. The summed E-state index contributed by atoms with van der Waals surface area (Å²) < 4.78 is 5.32. The Hall–Kier alpha value is -1.18. The van der Waals surface area contributed by atoms with Gasteiger partial charge in [0.1, 0.15) is 11.0 Å². The standard InChI is InChI=1S/C13H18ClN3O3S/c1-2-15-13(19)10-7-20-4-3-17(10)12(18)5-11-16-9(6-14)8-21-11/h8,10H,2-7H2,1H3,(H,15,19). The number of carbonyl (C=O) groups is 2. The number of ether oxygens (including phenoxy) is 1. The number of halogens is 1. The van der Waals surface area contributed by atoms with E-state index in [1.54, 1.807) is 4.90 Å². The molecule has 1 aliphatic rings. The first-order chi connectivity index (χ1) is 10.2. The van der Waals surface area contributed by atoms with Crippen molar-refractivity contribution in [3.8, 4) is 0 Å². The molecule has 1 aliphatic heterocycles. The van der Waals surface area contributed by atoms with Gasteiger partial charge in [0.15, 0.2) is 0 Å². The largest absolute Gasteiger partial charge is 0.377 e. The van der Waals surface area contributed by atoms with E-state index in [0.717, 1.165) is 10.7 Å². The second kappa shape index (κ2) is 7.72. The number of morpholine rings is 1. The highest BCUT2D eigenvalue weighted by Gasteiger charge is 2.32. The van der Waals surface area contributed by atoms with Crippen molar-refractivity contribution < 1.29 is 14.3 Å². The van der Waals surface area contributed by atoms with Crippen molar-refractivity contribution in [1.82, 2.24) is 15.2 Å². The molecular weight excluding hydrogens is 314 g/mol. The van der Waals surface area contributed by atoms with Crippen molar-refractivity contribution in [3.63, 3.8) is 0 Å². The van der Waals surface area contributed by atoms with Crippen LogP contribution >= 0.6 is 22.9 Å². The summed E-state index contributed by atoms with van der Waals surface area (Å²) in [5, 5.41) is 5.30. The number of amides is 2. The third-order valence-electron chi connectivity index (χ3n) is 3.14. The molecule has 1 N–H and O–H groups in total. The van der Waals surface area contributed by atoms with E-state index in [1.165, 1.54) is 11.3 Å². The Balaban J connectivity index is 2.02. The van der Waals surface area contributed by atoms with Crippen molar-refractivity contribution in [1.29, 1.82) is 0 Å². The van der Waals surface area contributed by atoms with Crippen LogP contribution in [0.25, 0.3) is 0 Å². The summed E-state index contributed by atoms with van der Waals surface area (Å²) in [6, 6.07) is -0.557. The van der Waals surface area contributed by atoms with Gasteiger partial charge in [-0.05, 0) is 6.92 Å². The van der Waals surface area contributed by atoms with Crippen LogP contribution in [0, 0.1) is 0 Å². The SMILES string of the molecule is CCNC(=O)C1COCCN1C(=O)Cc1nc(CCl)cs1. The third kappa shape index (κ3) is 4.15. The van der Waals surface area contributed by atoms with Crippen molar-refractivity contribution in [3.05, 3.63) is 16.1 Å². The lowest BCUT2D eigenvalue weighted by Crippen LogP contribution is -2.56. The Morgan fingerprint density at radius 1 is 1.62 bits per heavy atom. The predicted octanol–water partition coefficient (Wildman–Crippen LogP) is 0.788. The Labute approximate surface area is 132 Å². The summed E-state index contributed by atoms with van der Waals surface area (Å²) in [6.45, 7) is 3.49. The molecule has 21 heavy (non-hydrogen) atoms. The minimum Gasteiger partial charge on any atom is -0.377 e. The third-order valence-corrected chi connectivity index (χ3v) is 4.31. The van der Waals surface area contributed by atoms with E-state index in [9.17, 15) is 9.59 Å². The molecule has 0 aliphatic carbocycles. The van der Waals surface area contributed by atoms with Gasteiger partial charge in [-0.1, -0.05) is 0 Å². The van der Waals surface area contributed by atoms with Crippen LogP contribution in [0.1, 0.15) is 17.6 Å². The lowest BCUT2D eigenvalue weighted by Gasteiger charge is -2.34. The van der Waals surface area contributed by atoms with E-state index in [2.05, 4.69) is 10.3 Å². The molecule has 0 aromatic carbocycles. The number of thiazole rings is 1. The van der Waals surface area contributed by atoms with Crippen molar-refractivity contribution in [2.24, 2.45) is 0 Å². The monoisotopic (exact) mass is 331 g/mol. The smallest absolute Gasteiger partial charge is 0.245 e. The molecule has 1 aromatic heterocycles. The van der Waals surface area contributed by atoms with Crippen molar-refractivity contribution in [2.75, 3.05) is 26.3 Å². The van der Waals surface area contributed by atoms with Gasteiger partial charge in [-0.3, -0.25) is 9.59 Å². The number of carbonyl (C=O) groups excluding carboxylic acids is 2. The molecule has 0 spiro atoms. The molecule has 6 nitrogen and oxygen atoms in total. The number of rotatable bonds is 5. The molecule has 1 saturated heterocycles. The van der Waals surface area contributed by atoms with Gasteiger partial charge in [-0.15, -0.1) is 22.9 Å². The molecular formula is C13H18ClN3O3S. The normalized spacial score (nSPS) is 18.6. The number of alkyl halides is 1. The molecule has 2 heterocycles. The minimum atomic E-state index is -0.557. The maximum Gasteiger partial charge on any atom is 0.245 e. The van der Waals surface area contributed by atoms with Gasteiger partial charge < -0.3 is 15.0 Å². The van der Waals surface area contributed by atoms with Gasteiger partial charge in [0, 0.05) is 18.5 Å². The first-order valence-electron chi connectivity index (χ1n) is 6.79. The van der Waals surface area contributed by atoms with Gasteiger partial charge in [0.05, 0.1) is 31.2 Å². The molecule has 0 radical (unpaired) electrons. The van der Waals surface area contributed by atoms with Crippen LogP contribution in [0.5, 0.6) is 0 Å². The van der Waals surface area contributed by atoms with Crippen LogP contribution in [0.2, 0.25) is 0 Å². The zero-order valence-corrected chi connectivity index (χ0v) is 13.4. The zero-order chi connectivity index (χ0) is 15.2. The van der Waals surface area contributed by atoms with Crippen LogP contribution in [0.4, 0.5) is 0 Å². The molecule has 1 unspecified atom stereocenters. The number of hydrogen-bond acceptors (Lipinski definition) is 5. The number of nitrogens with zero attached hydrogens (tertiary/aromatic N) is 2. The van der Waals surface area contributed by atoms with E-state index in [-0.39, 0.29) is 24.8 Å². The fraction of sp³-hybridized carbons (Fsp3) is 0.615. The van der Waals surface area contributed by atoms with Crippen LogP contribution in [0.15, 0.2) is 5.38 Å². The molecule has 0 saturated carbocycles. The number of nitrogens with one attached hydrogen (secondary N) is 1. The zero-order valence-electron chi connectivity index (χ0n) is 11.8. The quantitative estimate of drug-likeness (QED) is 0.810. The van der Waals surface area contributed by atoms with E-state index >= 15 is 0 Å². The van der Waals surface area contributed by atoms with Crippen molar-refractivity contribution in [2.45, 2.75) is 25.3 Å². The molecule has 2 amide bonds. The first kappa shape index (κ1) is 16.2. The number of aromatic nitrogens is 1. The average Bonchev–Trinajstić information content (AvgIpc) is 2.95. The summed E-state index contributed by atoms with van der Waals surface area (Å²) in [6.07, 6.45) is 0.192. The molecule has 1 aromatic rings. The Morgan fingerprint density at radius 3 is 3.10 bits per heavy atom. The maximum atomic E-state index is 12.4. The summed E-state index contributed by atoms with van der Waals surface area (Å²) in [5.41, 5.74) is 0.770. The molecule has 1 atom stereocenters. The fourth-order valence-electron chi connectivity index (χ4n) is 2.13. The highest BCUT2D eigenvalue weighted by molar-refractivity contribution is 7.09. The lowest BCUT2D eigenvalue weighted by molar-refractivity contribution is -0.148. The van der Waals surface area contributed by atoms with Crippen LogP contribution in [-0.2, 0) is 26.6 Å². The highest BCUT2D eigenvalue weighted by atomic mass is 35.5. The summed E-state index contributed by atoms with van der Waals surface area (Å²) in [5.74, 6) is 0.0557. The number of likely N-dealkylation sites (N-methyl/N-ethyl adjacent to an activating group) is 1. The molecule has 116 valence electrons. The Kier molecular flexibility index (Phi) is 5.96. The predicted molar refractivity (Wildman–Crippen MR) is 80.4 cm³/mol. The maximum absolute atomic E-state index is 12.4. The van der Waals surface area contributed by atoms with Gasteiger partial charge in [-0.25, -0.2) is 4.98 Å². The second-order valence-corrected chi connectivity index (χ2v) is 5.83. The molecule has 1 fully saturated rings. The summed E-state index contributed by atoms with van der Waals surface area (Å²) in [4.78, 5) is 30.3. The van der Waals surface area contributed by atoms with E-state index in [4.69, 9.17) is 16.3 Å². The van der Waals surface area contributed by atoms with Gasteiger partial charge >= 0.3 is 0 Å². The lowest BCUT2D eigenvalue weighted by atomic mass is 10.2. The van der Waals surface area contributed by atoms with Crippen molar-refractivity contribution >= 4 is 34.8 Å². The van der Waals surface area contributed by atoms with E-state index in [0.29, 0.717) is 25.6 Å². The number of hydrogen-bond donors (Lipinski definition) is 1. The molecule has 2 rings (SSSR count). The molecule has 8 heteroatoms. The minimum absolute atomic E-state index is 0.106. The highest BCUT2D eigenvalue weighted by Crippen LogP contribution is 2.15. The molecule has 0 bridgehead atoms. The first-order valence-corrected chi connectivity index (χ1v) is 8.21. The summed E-state index contributed by atoms with van der Waals surface area (Å²) in [7, 11) is 0. The summed E-state index contributed by atoms with van der Waals surface area (Å²) >= 11 is 7.12. The van der Waals surface area contributed by atoms with E-state index < -0.39 is 6.04 Å². The van der Waals surface area contributed by atoms with Gasteiger partial charge in [-0.2, -0.15) is 0 Å². The average molecular weight is 332 g/mol. The Bertz CT molecular complexity index is 509. The van der Waals surface area contributed by atoms with Gasteiger partial charge in [0.25, 0.3) is 0 Å². The van der Waals surface area contributed by atoms with Crippen LogP contribution in [-0.4, -0.2) is 54.0 Å². The topological polar surface area (TPSA) is 71.5 Å². The van der Waals surface area contributed by atoms with Gasteiger partial charge in [0.2, 0.25) is 11.8 Å². The van der Waals surface area contributed by atoms with E-state index in [1.807, 2.05) is 12.3 Å². The van der Waals surface area contributed by atoms with Crippen LogP contribution < -0.4 is 5.32 Å².